The van der Waals surface area contributed by atoms with Crippen LogP contribution in [-0.2, 0) is 4.79 Å². The molecule has 27 heavy (non-hydrogen) atoms. The lowest BCUT2D eigenvalue weighted by Crippen LogP contribution is -2.39. The lowest BCUT2D eigenvalue weighted by Gasteiger charge is -2.28. The highest BCUT2D eigenvalue weighted by molar-refractivity contribution is 5.94. The topological polar surface area (TPSA) is 56.4 Å². The normalized spacial score (nSPS) is 17.7. The highest BCUT2D eigenvalue weighted by Gasteiger charge is 2.19. The lowest BCUT2D eigenvalue weighted by atomic mass is 10.0. The van der Waals surface area contributed by atoms with Crippen LogP contribution in [0.3, 0.4) is 0 Å². The molecule has 2 aliphatic rings. The monoisotopic (exact) mass is 378 g/mol. The summed E-state index contributed by atoms with van der Waals surface area (Å²) in [6.07, 6.45) is 9.42. The van der Waals surface area contributed by atoms with Gasteiger partial charge in [0.05, 0.1) is 6.04 Å². The molecule has 1 amide bonds. The fourth-order valence-electron chi connectivity index (χ4n) is 2.56. The van der Waals surface area contributed by atoms with Crippen LogP contribution in [0.15, 0.2) is 59.4 Å². The van der Waals surface area contributed by atoms with Crippen LogP contribution in [0.5, 0.6) is 0 Å². The van der Waals surface area contributed by atoms with Crippen LogP contribution in [0, 0.1) is 0 Å². The first-order chi connectivity index (χ1) is 12.9. The van der Waals surface area contributed by atoms with Crippen LogP contribution >= 0.6 is 0 Å². The predicted molar refractivity (Wildman–Crippen MR) is 104 cm³/mol. The minimum atomic E-state index is -0.715. The van der Waals surface area contributed by atoms with Gasteiger partial charge in [-0.25, -0.2) is 8.78 Å². The van der Waals surface area contributed by atoms with Gasteiger partial charge in [0.2, 0.25) is 5.91 Å². The van der Waals surface area contributed by atoms with E-state index in [-0.39, 0.29) is 24.7 Å². The van der Waals surface area contributed by atoms with E-state index in [0.29, 0.717) is 0 Å². The third kappa shape index (κ3) is 7.02. The third-order valence-electron chi connectivity index (χ3n) is 4.34. The van der Waals surface area contributed by atoms with Crippen LogP contribution in [0.25, 0.3) is 0 Å². The van der Waals surface area contributed by atoms with E-state index in [4.69, 9.17) is 0 Å². The Bertz CT molecular complexity index is 688. The fourth-order valence-corrected chi connectivity index (χ4v) is 2.56. The van der Waals surface area contributed by atoms with Crippen LogP contribution in [0.2, 0.25) is 0 Å². The van der Waals surface area contributed by atoms with Gasteiger partial charge in [-0.2, -0.15) is 0 Å². The molecule has 1 fully saturated rings. The molecule has 0 bridgehead atoms. The van der Waals surface area contributed by atoms with Gasteiger partial charge in [-0.1, -0.05) is 18.2 Å². The van der Waals surface area contributed by atoms with E-state index in [0.717, 1.165) is 36.9 Å². The summed E-state index contributed by atoms with van der Waals surface area (Å²) in [5, 5.41) is 8.94. The van der Waals surface area contributed by atoms with Gasteiger partial charge in [0.1, 0.15) is 18.3 Å². The van der Waals surface area contributed by atoms with Gasteiger partial charge in [0, 0.05) is 38.5 Å². The summed E-state index contributed by atoms with van der Waals surface area (Å²) >= 11 is 0. The molecule has 3 N–H and O–H groups in total. The van der Waals surface area contributed by atoms with E-state index in [1.54, 1.807) is 0 Å². The largest absolute Gasteiger partial charge is 0.357 e. The SMILES string of the molecule is C=C(F)/C=C(\CNCCF)C(=O)NC(C)C1=CCN(C)C(NC=C2CC2)=C1. The summed E-state index contributed by atoms with van der Waals surface area (Å²) in [4.78, 5) is 14.6. The Morgan fingerprint density at radius 3 is 2.81 bits per heavy atom. The standard InChI is InChI=1S/C20H28F2N4O/c1-14(22)10-18(13-23-8-7-21)20(27)25-15(2)17-6-9-26(3)19(11-17)24-12-16-4-5-16/h6,10-12,15,23-24H,1,4-5,7-9,13H2,2-3H3,(H,25,27)/b18-10+. The van der Waals surface area contributed by atoms with Crippen molar-refractivity contribution in [1.82, 2.24) is 20.9 Å². The van der Waals surface area contributed by atoms with Crippen LogP contribution in [0.4, 0.5) is 8.78 Å². The summed E-state index contributed by atoms with van der Waals surface area (Å²) in [7, 11) is 1.99. The molecule has 1 atom stereocenters. The van der Waals surface area contributed by atoms with E-state index < -0.39 is 18.4 Å². The molecule has 0 aromatic heterocycles. The molecule has 1 heterocycles. The van der Waals surface area contributed by atoms with Crippen LogP contribution in [-0.4, -0.2) is 50.2 Å². The molecule has 0 aromatic carbocycles. The van der Waals surface area contributed by atoms with Gasteiger partial charge < -0.3 is 20.9 Å². The Hall–Kier alpha value is -2.41. The molecule has 1 aliphatic heterocycles. The van der Waals surface area contributed by atoms with Gasteiger partial charge >= 0.3 is 0 Å². The van der Waals surface area contributed by atoms with Crippen molar-refractivity contribution in [2.45, 2.75) is 25.8 Å². The molecule has 1 saturated carbocycles. The molecular weight excluding hydrogens is 350 g/mol. The molecule has 0 radical (unpaired) electrons. The number of allylic oxidation sites excluding steroid dienone is 3. The Morgan fingerprint density at radius 1 is 1.44 bits per heavy atom. The molecular formula is C20H28F2N4O. The van der Waals surface area contributed by atoms with Gasteiger partial charge in [0.15, 0.2) is 0 Å². The zero-order valence-corrected chi connectivity index (χ0v) is 15.9. The van der Waals surface area contributed by atoms with Gasteiger partial charge in [-0.3, -0.25) is 4.79 Å². The van der Waals surface area contributed by atoms with Crippen molar-refractivity contribution in [3.8, 4) is 0 Å². The van der Waals surface area contributed by atoms with E-state index in [9.17, 15) is 13.6 Å². The zero-order chi connectivity index (χ0) is 19.8. The summed E-state index contributed by atoms with van der Waals surface area (Å²) in [6.45, 7) is 5.38. The van der Waals surface area contributed by atoms with Crippen molar-refractivity contribution in [2.24, 2.45) is 0 Å². The smallest absolute Gasteiger partial charge is 0.249 e. The summed E-state index contributed by atoms with van der Waals surface area (Å²) in [5.74, 6) is -0.158. The Kier molecular flexibility index (Phi) is 7.79. The zero-order valence-electron chi connectivity index (χ0n) is 15.9. The molecule has 148 valence electrons. The first-order valence-electron chi connectivity index (χ1n) is 9.10. The Balaban J connectivity index is 2.00. The van der Waals surface area contributed by atoms with Crippen molar-refractivity contribution in [3.05, 3.63) is 59.4 Å². The number of alkyl halides is 1. The van der Waals surface area contributed by atoms with E-state index in [1.165, 1.54) is 5.57 Å². The summed E-state index contributed by atoms with van der Waals surface area (Å²) in [6, 6.07) is -0.256. The van der Waals surface area contributed by atoms with Crippen LogP contribution in [0.1, 0.15) is 19.8 Å². The number of halogens is 2. The first-order valence-corrected chi connectivity index (χ1v) is 9.10. The lowest BCUT2D eigenvalue weighted by molar-refractivity contribution is -0.117. The molecule has 0 aromatic rings. The van der Waals surface area contributed by atoms with Gasteiger partial charge in [-0.15, -0.1) is 0 Å². The Labute approximate surface area is 159 Å². The number of amides is 1. The van der Waals surface area contributed by atoms with E-state index >= 15 is 0 Å². The number of carbonyl (C=O) groups is 1. The van der Waals surface area contributed by atoms with Crippen molar-refractivity contribution in [1.29, 1.82) is 0 Å². The molecule has 5 nitrogen and oxygen atoms in total. The minimum Gasteiger partial charge on any atom is -0.357 e. The highest BCUT2D eigenvalue weighted by atomic mass is 19.1. The molecule has 7 heteroatoms. The van der Waals surface area contributed by atoms with E-state index in [2.05, 4.69) is 27.4 Å². The predicted octanol–water partition coefficient (Wildman–Crippen LogP) is 2.44. The van der Waals surface area contributed by atoms with Crippen molar-refractivity contribution < 1.29 is 13.6 Å². The molecule has 2 rings (SSSR count). The van der Waals surface area contributed by atoms with Crippen LogP contribution < -0.4 is 16.0 Å². The second-order valence-corrected chi connectivity index (χ2v) is 6.74. The molecule has 0 spiro atoms. The fraction of sp³-hybridized carbons (Fsp3) is 0.450. The quantitative estimate of drug-likeness (QED) is 0.311. The average molecular weight is 378 g/mol. The minimum absolute atomic E-state index is 0.0728. The second kappa shape index (κ2) is 10.1. The molecule has 1 aliphatic carbocycles. The Morgan fingerprint density at radius 2 is 2.19 bits per heavy atom. The highest BCUT2D eigenvalue weighted by Crippen LogP contribution is 2.27. The maximum absolute atomic E-state index is 13.2. The number of nitrogens with zero attached hydrogens (tertiary/aromatic N) is 1. The number of rotatable bonds is 10. The van der Waals surface area contributed by atoms with Crippen molar-refractivity contribution in [3.63, 3.8) is 0 Å². The van der Waals surface area contributed by atoms with E-state index in [1.807, 2.05) is 32.3 Å². The maximum atomic E-state index is 13.2. The van der Waals surface area contributed by atoms with Crippen molar-refractivity contribution >= 4 is 5.91 Å². The molecule has 1 unspecified atom stereocenters. The molecule has 0 saturated heterocycles. The summed E-state index contributed by atoms with van der Waals surface area (Å²) in [5.41, 5.74) is 2.54. The number of carbonyl (C=O) groups excluding carboxylic acids is 1. The number of likely N-dealkylation sites (N-methyl/N-ethyl adjacent to an activating group) is 1. The first kappa shape index (κ1) is 20.9. The van der Waals surface area contributed by atoms with Gasteiger partial charge in [0.25, 0.3) is 0 Å². The number of nitrogens with one attached hydrogen (secondary N) is 3. The van der Waals surface area contributed by atoms with Crippen molar-refractivity contribution in [2.75, 3.05) is 33.4 Å². The second-order valence-electron chi connectivity index (χ2n) is 6.74. The summed E-state index contributed by atoms with van der Waals surface area (Å²) < 4.78 is 25.4. The number of hydrogen-bond donors (Lipinski definition) is 3. The third-order valence-corrected chi connectivity index (χ3v) is 4.34. The average Bonchev–Trinajstić information content (AvgIpc) is 3.44. The maximum Gasteiger partial charge on any atom is 0.249 e. The van der Waals surface area contributed by atoms with Gasteiger partial charge in [-0.05, 0) is 37.5 Å². The number of hydrogen-bond acceptors (Lipinski definition) is 4.